The van der Waals surface area contributed by atoms with Crippen molar-refractivity contribution in [1.29, 1.82) is 0 Å². The lowest BCUT2D eigenvalue weighted by Gasteiger charge is -2.27. The summed E-state index contributed by atoms with van der Waals surface area (Å²) >= 11 is 0. The van der Waals surface area contributed by atoms with Crippen LogP contribution in [0.15, 0.2) is 0 Å². The van der Waals surface area contributed by atoms with Gasteiger partial charge >= 0.3 is 0 Å². The van der Waals surface area contributed by atoms with Crippen LogP contribution in [0.5, 0.6) is 0 Å². The molecule has 88 valence electrons. The number of hydrogen-bond donors (Lipinski definition) is 1. The van der Waals surface area contributed by atoms with E-state index in [4.69, 9.17) is 4.98 Å². The molecule has 3 heteroatoms. The fourth-order valence-corrected chi connectivity index (χ4v) is 3.16. The van der Waals surface area contributed by atoms with E-state index in [1.165, 1.54) is 68.8 Å². The molecule has 2 aliphatic rings. The summed E-state index contributed by atoms with van der Waals surface area (Å²) in [5.74, 6) is 1.33. The number of aromatic nitrogens is 2. The summed E-state index contributed by atoms with van der Waals surface area (Å²) in [5.41, 5.74) is 2.74. The summed E-state index contributed by atoms with van der Waals surface area (Å²) in [7, 11) is 0. The first-order chi connectivity index (χ1) is 7.86. The summed E-state index contributed by atoms with van der Waals surface area (Å²) < 4.78 is 2.49. The minimum absolute atomic E-state index is 0.563. The van der Waals surface area contributed by atoms with Gasteiger partial charge in [-0.05, 0) is 39.2 Å². The van der Waals surface area contributed by atoms with Gasteiger partial charge in [0.05, 0.1) is 11.4 Å². The molecule has 1 aromatic rings. The van der Waals surface area contributed by atoms with Gasteiger partial charge in [0.2, 0.25) is 0 Å². The zero-order valence-electron chi connectivity index (χ0n) is 10.1. The highest BCUT2D eigenvalue weighted by atomic mass is 15.1. The van der Waals surface area contributed by atoms with Crippen molar-refractivity contribution >= 4 is 0 Å². The Labute approximate surface area is 97.3 Å². The number of hydrogen-bond acceptors (Lipinski definition) is 2. The predicted octanol–water partition coefficient (Wildman–Crippen LogP) is 2.34. The fraction of sp³-hybridized carbons (Fsp3) is 0.769. The molecular formula is C13H21N3. The van der Waals surface area contributed by atoms with E-state index in [1.54, 1.807) is 0 Å². The third-order valence-corrected chi connectivity index (χ3v) is 3.94. The fourth-order valence-electron chi connectivity index (χ4n) is 3.16. The Morgan fingerprint density at radius 1 is 1.25 bits per heavy atom. The number of fused-ring (bicyclic) bond motifs is 1. The molecule has 1 fully saturated rings. The summed E-state index contributed by atoms with van der Waals surface area (Å²) in [4.78, 5) is 4.75. The molecule has 0 spiro atoms. The summed E-state index contributed by atoms with van der Waals surface area (Å²) in [6.45, 7) is 4.53. The van der Waals surface area contributed by atoms with Gasteiger partial charge in [-0.1, -0.05) is 6.42 Å². The summed E-state index contributed by atoms with van der Waals surface area (Å²) in [5, 5.41) is 3.65. The largest absolute Gasteiger partial charge is 0.330 e. The second-order valence-corrected chi connectivity index (χ2v) is 5.11. The first-order valence-electron chi connectivity index (χ1n) is 6.65. The minimum Gasteiger partial charge on any atom is -0.330 e. The average Bonchev–Trinajstić information content (AvgIpc) is 2.66. The Morgan fingerprint density at radius 2 is 2.19 bits per heavy atom. The van der Waals surface area contributed by atoms with Crippen molar-refractivity contribution in [3.63, 3.8) is 0 Å². The van der Waals surface area contributed by atoms with E-state index < -0.39 is 0 Å². The molecule has 3 heterocycles. The lowest BCUT2D eigenvalue weighted by molar-refractivity contribution is 0.382. The van der Waals surface area contributed by atoms with Crippen molar-refractivity contribution in [1.82, 2.24) is 14.9 Å². The van der Waals surface area contributed by atoms with E-state index in [2.05, 4.69) is 16.8 Å². The van der Waals surface area contributed by atoms with Crippen molar-refractivity contribution in [2.75, 3.05) is 6.54 Å². The van der Waals surface area contributed by atoms with Crippen molar-refractivity contribution in [2.45, 2.75) is 58.0 Å². The predicted molar refractivity (Wildman–Crippen MR) is 64.5 cm³/mol. The van der Waals surface area contributed by atoms with Gasteiger partial charge in [0.1, 0.15) is 5.82 Å². The zero-order chi connectivity index (χ0) is 11.0. The topological polar surface area (TPSA) is 29.9 Å². The molecule has 0 radical (unpaired) electrons. The highest BCUT2D eigenvalue weighted by molar-refractivity contribution is 5.21. The quantitative estimate of drug-likeness (QED) is 0.785. The van der Waals surface area contributed by atoms with Crippen LogP contribution in [0.2, 0.25) is 0 Å². The first kappa shape index (κ1) is 10.3. The molecule has 0 aromatic carbocycles. The third-order valence-electron chi connectivity index (χ3n) is 3.94. The van der Waals surface area contributed by atoms with Crippen LogP contribution in [0.25, 0.3) is 0 Å². The molecule has 0 aliphatic carbocycles. The van der Waals surface area contributed by atoms with E-state index in [0.717, 1.165) is 0 Å². The molecular weight excluding hydrogens is 198 g/mol. The summed E-state index contributed by atoms with van der Waals surface area (Å²) in [6, 6.07) is 0.563. The average molecular weight is 219 g/mol. The second kappa shape index (κ2) is 4.21. The third kappa shape index (κ3) is 1.67. The standard InChI is InChI=1S/C13H21N3/c1-10-13(11-6-2-4-8-14-11)16-9-5-3-7-12(16)15-10/h11,14H,2-9H2,1H3. The lowest BCUT2D eigenvalue weighted by atomic mass is 10.0. The molecule has 3 rings (SSSR count). The van der Waals surface area contributed by atoms with E-state index in [9.17, 15) is 0 Å². The first-order valence-corrected chi connectivity index (χ1v) is 6.65. The van der Waals surface area contributed by atoms with Crippen LogP contribution in [0.4, 0.5) is 0 Å². The van der Waals surface area contributed by atoms with Gasteiger partial charge < -0.3 is 9.88 Å². The highest BCUT2D eigenvalue weighted by Crippen LogP contribution is 2.29. The van der Waals surface area contributed by atoms with Gasteiger partial charge in [-0.25, -0.2) is 4.98 Å². The van der Waals surface area contributed by atoms with Gasteiger partial charge in [0.15, 0.2) is 0 Å². The molecule has 0 saturated carbocycles. The number of aryl methyl sites for hydroxylation is 2. The second-order valence-electron chi connectivity index (χ2n) is 5.11. The molecule has 0 bridgehead atoms. The molecule has 1 N–H and O–H groups in total. The van der Waals surface area contributed by atoms with Crippen LogP contribution in [0, 0.1) is 6.92 Å². The Balaban J connectivity index is 1.95. The Morgan fingerprint density at radius 3 is 3.00 bits per heavy atom. The van der Waals surface area contributed by atoms with Crippen LogP contribution in [0.1, 0.15) is 55.4 Å². The van der Waals surface area contributed by atoms with Crippen molar-refractivity contribution in [2.24, 2.45) is 0 Å². The monoisotopic (exact) mass is 219 g/mol. The molecule has 1 atom stereocenters. The number of piperidine rings is 1. The van der Waals surface area contributed by atoms with Gasteiger partial charge in [0, 0.05) is 19.0 Å². The van der Waals surface area contributed by atoms with Crippen molar-refractivity contribution in [3.05, 3.63) is 17.2 Å². The van der Waals surface area contributed by atoms with Crippen molar-refractivity contribution in [3.8, 4) is 0 Å². The number of nitrogens with zero attached hydrogens (tertiary/aromatic N) is 2. The zero-order valence-corrected chi connectivity index (χ0v) is 10.1. The van der Waals surface area contributed by atoms with E-state index in [-0.39, 0.29) is 0 Å². The van der Waals surface area contributed by atoms with Gasteiger partial charge in [-0.2, -0.15) is 0 Å². The van der Waals surface area contributed by atoms with Crippen LogP contribution in [0.3, 0.4) is 0 Å². The Hall–Kier alpha value is -0.830. The summed E-state index contributed by atoms with van der Waals surface area (Å²) in [6.07, 6.45) is 7.78. The van der Waals surface area contributed by atoms with Gasteiger partial charge in [0.25, 0.3) is 0 Å². The number of rotatable bonds is 1. The maximum absolute atomic E-state index is 4.75. The number of imidazole rings is 1. The normalized spacial score (nSPS) is 25.4. The van der Waals surface area contributed by atoms with Gasteiger partial charge in [-0.15, -0.1) is 0 Å². The van der Waals surface area contributed by atoms with Crippen LogP contribution in [-0.2, 0) is 13.0 Å². The Kier molecular flexibility index (Phi) is 2.72. The van der Waals surface area contributed by atoms with E-state index in [1.807, 2.05) is 0 Å². The Bertz CT molecular complexity index is 375. The molecule has 3 nitrogen and oxygen atoms in total. The van der Waals surface area contributed by atoms with Gasteiger partial charge in [-0.3, -0.25) is 0 Å². The molecule has 16 heavy (non-hydrogen) atoms. The molecule has 2 aliphatic heterocycles. The van der Waals surface area contributed by atoms with Crippen LogP contribution in [-0.4, -0.2) is 16.1 Å². The molecule has 1 aromatic heterocycles. The van der Waals surface area contributed by atoms with Crippen molar-refractivity contribution < 1.29 is 0 Å². The molecule has 0 amide bonds. The highest BCUT2D eigenvalue weighted by Gasteiger charge is 2.24. The number of nitrogens with one attached hydrogen (secondary N) is 1. The SMILES string of the molecule is Cc1nc2n(c1C1CCCCN1)CCCC2. The maximum Gasteiger partial charge on any atom is 0.109 e. The van der Waals surface area contributed by atoms with E-state index in [0.29, 0.717) is 6.04 Å². The molecule has 1 saturated heterocycles. The minimum atomic E-state index is 0.563. The van der Waals surface area contributed by atoms with Crippen LogP contribution < -0.4 is 5.32 Å². The smallest absolute Gasteiger partial charge is 0.109 e. The maximum atomic E-state index is 4.75. The van der Waals surface area contributed by atoms with Crippen LogP contribution >= 0.6 is 0 Å². The van der Waals surface area contributed by atoms with E-state index >= 15 is 0 Å². The lowest BCUT2D eigenvalue weighted by Crippen LogP contribution is -2.30. The molecule has 1 unspecified atom stereocenters.